The van der Waals surface area contributed by atoms with Crippen LogP contribution in [0, 0.1) is 5.92 Å². The topological polar surface area (TPSA) is 92.8 Å². The predicted octanol–water partition coefficient (Wildman–Crippen LogP) is 4.89. The molecule has 1 aromatic heterocycles. The van der Waals surface area contributed by atoms with E-state index in [1.165, 1.54) is 6.42 Å². The zero-order valence-electron chi connectivity index (χ0n) is 23.1. The molecule has 0 spiro atoms. The van der Waals surface area contributed by atoms with E-state index in [1.54, 1.807) is 12.3 Å². The lowest BCUT2D eigenvalue weighted by Crippen LogP contribution is -2.34. The number of carbonyl (C=O) groups excluding carboxylic acids is 1. The highest BCUT2D eigenvalue weighted by Crippen LogP contribution is 2.49. The number of nitrogens with one attached hydrogen (secondary N) is 1. The van der Waals surface area contributed by atoms with Crippen LogP contribution in [-0.4, -0.2) is 54.6 Å². The van der Waals surface area contributed by atoms with E-state index in [4.69, 9.17) is 10.5 Å². The van der Waals surface area contributed by atoms with Gasteiger partial charge >= 0.3 is 0 Å². The second-order valence-electron chi connectivity index (χ2n) is 11.7. The van der Waals surface area contributed by atoms with Gasteiger partial charge in [-0.25, -0.2) is 0 Å². The van der Waals surface area contributed by atoms with Crippen molar-refractivity contribution in [2.75, 3.05) is 43.9 Å². The van der Waals surface area contributed by atoms with Crippen molar-refractivity contribution in [1.82, 2.24) is 14.8 Å². The summed E-state index contributed by atoms with van der Waals surface area (Å²) in [5.74, 6) is 1.44. The molecule has 40 heavy (non-hydrogen) atoms. The number of fused-ring (bicyclic) bond motifs is 3. The van der Waals surface area contributed by atoms with Gasteiger partial charge in [0.05, 0.1) is 16.8 Å². The summed E-state index contributed by atoms with van der Waals surface area (Å²) in [6.07, 6.45) is 5.94. The number of nitrogens with zero attached hydrogens (tertiary/aromatic N) is 3. The summed E-state index contributed by atoms with van der Waals surface area (Å²) in [7, 11) is 2.13. The van der Waals surface area contributed by atoms with Gasteiger partial charge in [-0.15, -0.1) is 0 Å². The van der Waals surface area contributed by atoms with Crippen molar-refractivity contribution in [3.63, 3.8) is 0 Å². The zero-order valence-corrected chi connectivity index (χ0v) is 23.1. The summed E-state index contributed by atoms with van der Waals surface area (Å²) in [5.41, 5.74) is 9.20. The zero-order chi connectivity index (χ0) is 27.5. The Hall–Kier alpha value is -4.04. The Morgan fingerprint density at radius 1 is 1.12 bits per heavy atom. The Labute approximate surface area is 233 Å². The molecule has 7 rings (SSSR count). The lowest BCUT2D eigenvalue weighted by Gasteiger charge is -2.30. The first-order valence-electron chi connectivity index (χ1n) is 14.4. The number of rotatable bonds is 5. The molecule has 3 aliphatic rings. The number of benzene rings is 3. The van der Waals surface area contributed by atoms with E-state index in [1.807, 2.05) is 22.8 Å². The van der Waals surface area contributed by atoms with Gasteiger partial charge in [0.15, 0.2) is 11.5 Å². The minimum absolute atomic E-state index is 0.112. The van der Waals surface area contributed by atoms with Crippen LogP contribution in [0.4, 0.5) is 11.4 Å². The largest absolute Gasteiger partial charge is 0.451 e. The number of hydrogen-bond donors (Lipinski definition) is 2. The van der Waals surface area contributed by atoms with Crippen LogP contribution in [0.2, 0.25) is 0 Å². The molecule has 4 heterocycles. The second-order valence-corrected chi connectivity index (χ2v) is 11.7. The van der Waals surface area contributed by atoms with Crippen molar-refractivity contribution >= 4 is 39.0 Å². The third-order valence-corrected chi connectivity index (χ3v) is 8.97. The standard InChI is InChI=1S/C32H35N5O3/c1-19-10-13-36(17-19)29-25(33)16-23-28-31(29)40-27-15-21-7-4-3-6-20(21)14-26(27)37(28)18-24(30(23)38)32(39)34-11-9-22-8-5-12-35(22)2/h3-4,6-7,14-16,18-19,22H,5,8-13,17,33H2,1-2H3,(H,34,39). The number of nitrogen functional groups attached to an aromatic ring is 1. The summed E-state index contributed by atoms with van der Waals surface area (Å²) in [6.45, 7) is 5.59. The van der Waals surface area contributed by atoms with Crippen LogP contribution in [0.5, 0.6) is 11.5 Å². The van der Waals surface area contributed by atoms with Crippen molar-refractivity contribution in [1.29, 1.82) is 0 Å². The van der Waals surface area contributed by atoms with Crippen molar-refractivity contribution in [2.45, 2.75) is 38.6 Å². The second kappa shape index (κ2) is 9.55. The number of pyridine rings is 1. The molecule has 1 amide bonds. The monoisotopic (exact) mass is 537 g/mol. The summed E-state index contributed by atoms with van der Waals surface area (Å²) in [6, 6.07) is 14.4. The minimum atomic E-state index is -0.359. The molecule has 2 atom stereocenters. The molecule has 3 N–H and O–H groups in total. The molecule has 2 fully saturated rings. The van der Waals surface area contributed by atoms with Crippen molar-refractivity contribution in [3.05, 3.63) is 64.4 Å². The maximum atomic E-state index is 13.8. The Kier molecular flexibility index (Phi) is 5.96. The first-order chi connectivity index (χ1) is 19.4. The van der Waals surface area contributed by atoms with E-state index >= 15 is 0 Å². The molecular formula is C32H35N5O3. The van der Waals surface area contributed by atoms with E-state index in [9.17, 15) is 9.59 Å². The Morgan fingerprint density at radius 2 is 1.93 bits per heavy atom. The molecule has 3 aliphatic heterocycles. The third-order valence-electron chi connectivity index (χ3n) is 8.97. The van der Waals surface area contributed by atoms with E-state index in [-0.39, 0.29) is 16.9 Å². The van der Waals surface area contributed by atoms with E-state index in [0.717, 1.165) is 61.0 Å². The predicted molar refractivity (Wildman–Crippen MR) is 160 cm³/mol. The van der Waals surface area contributed by atoms with Crippen LogP contribution in [0.1, 0.15) is 43.0 Å². The van der Waals surface area contributed by atoms with E-state index in [2.05, 4.69) is 47.3 Å². The maximum absolute atomic E-state index is 13.8. The lowest BCUT2D eigenvalue weighted by molar-refractivity contribution is 0.0949. The van der Waals surface area contributed by atoms with Crippen LogP contribution >= 0.6 is 0 Å². The third kappa shape index (κ3) is 4.01. The van der Waals surface area contributed by atoms with Crippen molar-refractivity contribution in [2.24, 2.45) is 5.92 Å². The highest BCUT2D eigenvalue weighted by molar-refractivity contribution is 6.04. The molecule has 3 aromatic carbocycles. The van der Waals surface area contributed by atoms with Crippen LogP contribution < -0.4 is 26.1 Å². The van der Waals surface area contributed by atoms with Crippen molar-refractivity contribution < 1.29 is 9.53 Å². The lowest BCUT2D eigenvalue weighted by atomic mass is 10.0. The van der Waals surface area contributed by atoms with Crippen LogP contribution in [-0.2, 0) is 0 Å². The Balaban J connectivity index is 1.38. The molecule has 8 heteroatoms. The fourth-order valence-electron chi connectivity index (χ4n) is 6.76. The van der Waals surface area contributed by atoms with Gasteiger partial charge in [-0.05, 0) is 74.2 Å². The molecule has 8 nitrogen and oxygen atoms in total. The van der Waals surface area contributed by atoms with Crippen LogP contribution in [0.25, 0.3) is 27.4 Å². The van der Waals surface area contributed by atoms with Gasteiger partial charge in [-0.3, -0.25) is 9.59 Å². The molecule has 2 saturated heterocycles. The SMILES string of the molecule is CC1CCN(c2c(N)cc3c(=O)c(C(=O)NCCC4CCCN4C)cn4c3c2Oc2cc3ccccc3cc2-4)C1. The number of carbonyl (C=O) groups is 1. The highest BCUT2D eigenvalue weighted by atomic mass is 16.5. The number of hydrogen-bond acceptors (Lipinski definition) is 6. The summed E-state index contributed by atoms with van der Waals surface area (Å²) < 4.78 is 8.58. The summed E-state index contributed by atoms with van der Waals surface area (Å²) in [4.78, 5) is 31.9. The van der Waals surface area contributed by atoms with Gasteiger partial charge in [0.2, 0.25) is 5.43 Å². The van der Waals surface area contributed by atoms with Gasteiger partial charge < -0.3 is 30.2 Å². The number of anilines is 2. The summed E-state index contributed by atoms with van der Waals surface area (Å²) in [5, 5.41) is 5.51. The molecular weight excluding hydrogens is 502 g/mol. The Bertz CT molecular complexity index is 1730. The fourth-order valence-corrected chi connectivity index (χ4v) is 6.76. The van der Waals surface area contributed by atoms with E-state index < -0.39 is 0 Å². The normalized spacial score (nSPS) is 20.2. The molecule has 0 bridgehead atoms. The highest BCUT2D eigenvalue weighted by Gasteiger charge is 2.32. The fraction of sp³-hybridized carbons (Fsp3) is 0.375. The molecule has 0 radical (unpaired) electrons. The maximum Gasteiger partial charge on any atom is 0.256 e. The van der Waals surface area contributed by atoms with Gasteiger partial charge in [-0.2, -0.15) is 0 Å². The van der Waals surface area contributed by atoms with E-state index in [0.29, 0.717) is 46.6 Å². The summed E-state index contributed by atoms with van der Waals surface area (Å²) >= 11 is 0. The van der Waals surface area contributed by atoms with Crippen LogP contribution in [0.15, 0.2) is 53.5 Å². The first-order valence-corrected chi connectivity index (χ1v) is 14.4. The average Bonchev–Trinajstić information content (AvgIpc) is 3.56. The van der Waals surface area contributed by atoms with Gasteiger partial charge in [0.25, 0.3) is 5.91 Å². The van der Waals surface area contributed by atoms with Crippen molar-refractivity contribution in [3.8, 4) is 17.2 Å². The number of likely N-dealkylation sites (tertiary alicyclic amines) is 1. The molecule has 0 saturated carbocycles. The number of ether oxygens (including phenoxy) is 1. The number of amides is 1. The number of aromatic nitrogens is 1. The minimum Gasteiger partial charge on any atom is -0.451 e. The molecule has 4 aromatic rings. The average molecular weight is 538 g/mol. The first kappa shape index (κ1) is 25.0. The quantitative estimate of drug-likeness (QED) is 0.310. The molecule has 2 unspecified atom stereocenters. The van der Waals surface area contributed by atoms with Gasteiger partial charge in [0, 0.05) is 31.9 Å². The van der Waals surface area contributed by atoms with Gasteiger partial charge in [0.1, 0.15) is 16.8 Å². The smallest absolute Gasteiger partial charge is 0.256 e. The Morgan fingerprint density at radius 3 is 2.65 bits per heavy atom. The van der Waals surface area contributed by atoms with Gasteiger partial charge in [-0.1, -0.05) is 31.2 Å². The number of nitrogens with two attached hydrogens (primary N) is 1. The van der Waals surface area contributed by atoms with Crippen LogP contribution in [0.3, 0.4) is 0 Å². The molecule has 0 aliphatic carbocycles. The molecule has 206 valence electrons.